The molecule has 7 heteroatoms. The Morgan fingerprint density at radius 3 is 2.58 bits per heavy atom. The zero-order valence-corrected chi connectivity index (χ0v) is 13.9. The van der Waals surface area contributed by atoms with Crippen LogP contribution in [0.4, 0.5) is 5.69 Å². The molecule has 1 fully saturated rings. The van der Waals surface area contributed by atoms with Crippen LogP contribution in [0.25, 0.3) is 0 Å². The summed E-state index contributed by atoms with van der Waals surface area (Å²) in [5.41, 5.74) is 8.72. The third kappa shape index (κ3) is 3.71. The number of amidine groups is 1. The Bertz CT molecular complexity index is 695. The van der Waals surface area contributed by atoms with Gasteiger partial charge in [0.05, 0.1) is 11.3 Å². The number of hydrogen-bond acceptors (Lipinski definition) is 5. The minimum absolute atomic E-state index is 0.0608. The Kier molecular flexibility index (Phi) is 5.53. The first kappa shape index (κ1) is 17.5. The standard InChI is InChI=1S/C17H22N6O/c1-11-6-5-7-12(2)23(11)17(24)13-8-3-4-9-14(13)21-22-15(10-18)16(19)20/h3-4,8-9,11-12,21H,5-7H2,1-2H3,(H3,19,20)/b22-15+. The number of carbonyl (C=O) groups is 1. The van der Waals surface area contributed by atoms with Gasteiger partial charge in [-0.05, 0) is 45.2 Å². The van der Waals surface area contributed by atoms with E-state index in [4.69, 9.17) is 16.4 Å². The minimum atomic E-state index is -0.424. The van der Waals surface area contributed by atoms with Crippen LogP contribution in [-0.4, -0.2) is 34.4 Å². The third-order valence-electron chi connectivity index (χ3n) is 4.23. The van der Waals surface area contributed by atoms with Crippen molar-refractivity contribution in [2.24, 2.45) is 10.8 Å². The number of anilines is 1. The molecular weight excluding hydrogens is 304 g/mol. The number of rotatable bonds is 4. The summed E-state index contributed by atoms with van der Waals surface area (Å²) in [5, 5.41) is 20.0. The molecule has 126 valence electrons. The second kappa shape index (κ2) is 7.59. The number of nitriles is 1. The van der Waals surface area contributed by atoms with Crippen LogP contribution in [0, 0.1) is 16.7 Å². The summed E-state index contributed by atoms with van der Waals surface area (Å²) >= 11 is 0. The van der Waals surface area contributed by atoms with Gasteiger partial charge in [-0.15, -0.1) is 0 Å². The SMILES string of the molecule is CC1CCCC(C)N1C(=O)c1ccccc1N/N=C(\C#N)C(=N)N. The van der Waals surface area contributed by atoms with Crippen molar-refractivity contribution in [3.8, 4) is 6.07 Å². The molecule has 1 saturated heterocycles. The van der Waals surface area contributed by atoms with Crippen molar-refractivity contribution in [2.45, 2.75) is 45.2 Å². The van der Waals surface area contributed by atoms with Crippen molar-refractivity contribution in [1.82, 2.24) is 4.90 Å². The molecule has 1 heterocycles. The fraction of sp³-hybridized carbons (Fsp3) is 0.412. The summed E-state index contributed by atoms with van der Waals surface area (Å²) in [4.78, 5) is 14.9. The summed E-state index contributed by atoms with van der Waals surface area (Å²) in [6.07, 6.45) is 3.11. The summed E-state index contributed by atoms with van der Waals surface area (Å²) < 4.78 is 0. The number of benzene rings is 1. The average Bonchev–Trinajstić information content (AvgIpc) is 2.55. The molecule has 0 saturated carbocycles. The van der Waals surface area contributed by atoms with Crippen molar-refractivity contribution >= 4 is 23.1 Å². The molecule has 1 aromatic rings. The van der Waals surface area contributed by atoms with Crippen LogP contribution in [0.15, 0.2) is 29.4 Å². The van der Waals surface area contributed by atoms with Gasteiger partial charge >= 0.3 is 0 Å². The second-order valence-electron chi connectivity index (χ2n) is 5.98. The maximum atomic E-state index is 13.0. The maximum Gasteiger partial charge on any atom is 0.256 e. The molecule has 4 N–H and O–H groups in total. The monoisotopic (exact) mass is 326 g/mol. The molecule has 24 heavy (non-hydrogen) atoms. The molecule has 1 aliphatic rings. The number of hydrazone groups is 1. The lowest BCUT2D eigenvalue weighted by Gasteiger charge is -2.39. The van der Waals surface area contributed by atoms with E-state index in [1.54, 1.807) is 30.3 Å². The molecule has 1 aliphatic heterocycles. The van der Waals surface area contributed by atoms with E-state index in [9.17, 15) is 4.79 Å². The molecule has 0 aliphatic carbocycles. The highest BCUT2D eigenvalue weighted by molar-refractivity contribution is 6.45. The summed E-state index contributed by atoms with van der Waals surface area (Å²) in [7, 11) is 0. The maximum absolute atomic E-state index is 13.0. The molecular formula is C17H22N6O. The fourth-order valence-corrected chi connectivity index (χ4v) is 2.99. The van der Waals surface area contributed by atoms with Crippen molar-refractivity contribution in [2.75, 3.05) is 5.43 Å². The van der Waals surface area contributed by atoms with Crippen LogP contribution in [0.3, 0.4) is 0 Å². The first-order valence-corrected chi connectivity index (χ1v) is 7.95. The van der Waals surface area contributed by atoms with Gasteiger partial charge in [-0.2, -0.15) is 10.4 Å². The molecule has 2 rings (SSSR count). The topological polar surface area (TPSA) is 118 Å². The van der Waals surface area contributed by atoms with E-state index in [0.29, 0.717) is 11.3 Å². The van der Waals surface area contributed by atoms with Gasteiger partial charge in [-0.1, -0.05) is 12.1 Å². The summed E-state index contributed by atoms with van der Waals surface area (Å²) in [6.45, 7) is 4.12. The molecule has 0 radical (unpaired) electrons. The Morgan fingerprint density at radius 1 is 1.38 bits per heavy atom. The largest absolute Gasteiger partial charge is 0.382 e. The molecule has 2 atom stereocenters. The third-order valence-corrected chi connectivity index (χ3v) is 4.23. The summed E-state index contributed by atoms with van der Waals surface area (Å²) in [6, 6.07) is 9.12. The van der Waals surface area contributed by atoms with Crippen LogP contribution >= 0.6 is 0 Å². The van der Waals surface area contributed by atoms with Crippen molar-refractivity contribution in [3.63, 3.8) is 0 Å². The highest BCUT2D eigenvalue weighted by Crippen LogP contribution is 2.27. The number of likely N-dealkylation sites (tertiary alicyclic amines) is 1. The molecule has 0 aromatic heterocycles. The van der Waals surface area contributed by atoms with E-state index in [2.05, 4.69) is 24.4 Å². The first-order valence-electron chi connectivity index (χ1n) is 7.95. The van der Waals surface area contributed by atoms with E-state index in [1.807, 2.05) is 4.90 Å². The highest BCUT2D eigenvalue weighted by atomic mass is 16.2. The highest BCUT2D eigenvalue weighted by Gasteiger charge is 2.30. The Morgan fingerprint density at radius 2 is 2.00 bits per heavy atom. The number of piperidine rings is 1. The Balaban J connectivity index is 2.30. The summed E-state index contributed by atoms with van der Waals surface area (Å²) in [5.74, 6) is -0.485. The van der Waals surface area contributed by atoms with Crippen molar-refractivity contribution < 1.29 is 4.79 Å². The number of para-hydroxylation sites is 1. The predicted octanol–water partition coefficient (Wildman–Crippen LogP) is 2.32. The van der Waals surface area contributed by atoms with Crippen LogP contribution in [-0.2, 0) is 0 Å². The van der Waals surface area contributed by atoms with E-state index >= 15 is 0 Å². The lowest BCUT2D eigenvalue weighted by molar-refractivity contribution is 0.0512. The molecule has 2 unspecified atom stereocenters. The first-order chi connectivity index (χ1) is 11.5. The van der Waals surface area contributed by atoms with E-state index < -0.39 is 5.84 Å². The lowest BCUT2D eigenvalue weighted by atomic mass is 9.96. The number of nitrogens with two attached hydrogens (primary N) is 1. The predicted molar refractivity (Wildman–Crippen MR) is 94.0 cm³/mol. The molecule has 7 nitrogen and oxygen atoms in total. The van der Waals surface area contributed by atoms with Gasteiger partial charge in [-0.25, -0.2) is 0 Å². The van der Waals surface area contributed by atoms with Crippen LogP contribution < -0.4 is 11.2 Å². The number of nitrogens with zero attached hydrogens (tertiary/aromatic N) is 3. The Labute approximate surface area is 141 Å². The zero-order valence-electron chi connectivity index (χ0n) is 13.9. The van der Waals surface area contributed by atoms with Gasteiger partial charge in [0.25, 0.3) is 5.91 Å². The van der Waals surface area contributed by atoms with E-state index in [1.165, 1.54) is 0 Å². The zero-order chi connectivity index (χ0) is 17.7. The molecule has 1 aromatic carbocycles. The van der Waals surface area contributed by atoms with Crippen LogP contribution in [0.1, 0.15) is 43.5 Å². The number of carbonyl (C=O) groups excluding carboxylic acids is 1. The van der Waals surface area contributed by atoms with Gasteiger partial charge in [-0.3, -0.25) is 15.6 Å². The smallest absolute Gasteiger partial charge is 0.256 e. The van der Waals surface area contributed by atoms with Gasteiger partial charge in [0.2, 0.25) is 5.71 Å². The van der Waals surface area contributed by atoms with Crippen LogP contribution in [0.2, 0.25) is 0 Å². The Hall–Kier alpha value is -2.88. The second-order valence-corrected chi connectivity index (χ2v) is 5.98. The van der Waals surface area contributed by atoms with Crippen molar-refractivity contribution in [1.29, 1.82) is 10.7 Å². The van der Waals surface area contributed by atoms with Crippen molar-refractivity contribution in [3.05, 3.63) is 29.8 Å². The normalized spacial score (nSPS) is 21.0. The van der Waals surface area contributed by atoms with Crippen LogP contribution in [0.5, 0.6) is 0 Å². The minimum Gasteiger partial charge on any atom is -0.382 e. The molecule has 1 amide bonds. The fourth-order valence-electron chi connectivity index (χ4n) is 2.99. The van der Waals surface area contributed by atoms with E-state index in [-0.39, 0.29) is 23.7 Å². The molecule has 0 spiro atoms. The van der Waals surface area contributed by atoms with Gasteiger partial charge < -0.3 is 10.6 Å². The average molecular weight is 326 g/mol. The molecule has 0 bridgehead atoms. The number of nitrogens with one attached hydrogen (secondary N) is 2. The van der Waals surface area contributed by atoms with Gasteiger partial charge in [0.1, 0.15) is 6.07 Å². The number of amides is 1. The quantitative estimate of drug-likeness (QED) is 0.447. The number of hydrogen-bond donors (Lipinski definition) is 3. The lowest BCUT2D eigenvalue weighted by Crippen LogP contribution is -2.47. The van der Waals surface area contributed by atoms with Gasteiger partial charge in [0, 0.05) is 12.1 Å². The van der Waals surface area contributed by atoms with E-state index in [0.717, 1.165) is 19.3 Å². The van der Waals surface area contributed by atoms with Gasteiger partial charge in [0.15, 0.2) is 5.84 Å².